The first-order valence-corrected chi connectivity index (χ1v) is 4.69. The minimum absolute atomic E-state index is 0.311. The third-order valence-corrected chi connectivity index (χ3v) is 2.10. The Hall–Kier alpha value is -0.860. The smallest absolute Gasteiger partial charge is 0.319 e. The molecule has 0 N–H and O–H groups in total. The zero-order chi connectivity index (χ0) is 10.5. The molecule has 0 aliphatic carbocycles. The zero-order valence-corrected chi connectivity index (χ0v) is 8.85. The maximum absolute atomic E-state index is 11.3. The SMILES string of the molecule is CCCC(=O)OC(=O)C(C)(C)CC. The van der Waals surface area contributed by atoms with Crippen LogP contribution in [0.2, 0.25) is 0 Å². The molecule has 0 aromatic rings. The number of carbonyl (C=O) groups is 2. The van der Waals surface area contributed by atoms with Crippen LogP contribution in [0.15, 0.2) is 0 Å². The Balaban J connectivity index is 4.07. The summed E-state index contributed by atoms with van der Waals surface area (Å²) in [4.78, 5) is 22.3. The summed E-state index contributed by atoms with van der Waals surface area (Å²) in [6.45, 7) is 7.31. The molecule has 0 unspecified atom stereocenters. The van der Waals surface area contributed by atoms with Crippen LogP contribution in [0.4, 0.5) is 0 Å². The van der Waals surface area contributed by atoms with Gasteiger partial charge in [-0.15, -0.1) is 0 Å². The quantitative estimate of drug-likeness (QED) is 0.499. The fraction of sp³-hybridized carbons (Fsp3) is 0.800. The predicted octanol–water partition coefficient (Wildman–Crippen LogP) is 2.29. The number of hydrogen-bond donors (Lipinski definition) is 0. The molecule has 0 aliphatic rings. The highest BCUT2D eigenvalue weighted by Crippen LogP contribution is 2.21. The summed E-state index contributed by atoms with van der Waals surface area (Å²) in [5.41, 5.74) is -0.552. The Labute approximate surface area is 79.5 Å². The lowest BCUT2D eigenvalue weighted by Crippen LogP contribution is -2.28. The van der Waals surface area contributed by atoms with E-state index in [1.54, 1.807) is 13.8 Å². The van der Waals surface area contributed by atoms with Crippen LogP contribution in [0.3, 0.4) is 0 Å². The van der Waals surface area contributed by atoms with Gasteiger partial charge in [0, 0.05) is 6.42 Å². The second-order valence-electron chi connectivity index (χ2n) is 3.75. The van der Waals surface area contributed by atoms with E-state index in [9.17, 15) is 9.59 Å². The minimum Gasteiger partial charge on any atom is -0.393 e. The second-order valence-corrected chi connectivity index (χ2v) is 3.75. The Morgan fingerprint density at radius 2 is 1.77 bits per heavy atom. The van der Waals surface area contributed by atoms with Gasteiger partial charge in [0.25, 0.3) is 0 Å². The Morgan fingerprint density at radius 3 is 2.15 bits per heavy atom. The molecule has 0 aromatic heterocycles. The highest BCUT2D eigenvalue weighted by molar-refractivity contribution is 5.88. The molecule has 13 heavy (non-hydrogen) atoms. The van der Waals surface area contributed by atoms with E-state index in [-0.39, 0.29) is 0 Å². The summed E-state index contributed by atoms with van der Waals surface area (Å²) in [7, 11) is 0. The molecular formula is C10H18O3. The molecule has 0 aromatic carbocycles. The normalized spacial score (nSPS) is 11.1. The van der Waals surface area contributed by atoms with Crippen molar-refractivity contribution in [3.05, 3.63) is 0 Å². The van der Waals surface area contributed by atoms with Gasteiger partial charge in [-0.2, -0.15) is 0 Å². The standard InChI is InChI=1S/C10H18O3/c1-5-7-8(11)13-9(12)10(3,4)6-2/h5-7H2,1-4H3. The fourth-order valence-electron chi connectivity index (χ4n) is 0.641. The molecule has 3 heteroatoms. The molecule has 0 saturated carbocycles. The van der Waals surface area contributed by atoms with E-state index in [0.717, 1.165) is 0 Å². The first-order chi connectivity index (χ1) is 5.94. The van der Waals surface area contributed by atoms with E-state index < -0.39 is 17.4 Å². The van der Waals surface area contributed by atoms with Gasteiger partial charge in [0.1, 0.15) is 0 Å². The molecule has 0 bridgehead atoms. The fourth-order valence-corrected chi connectivity index (χ4v) is 0.641. The van der Waals surface area contributed by atoms with Crippen LogP contribution in [0.25, 0.3) is 0 Å². The van der Waals surface area contributed by atoms with Crippen LogP contribution >= 0.6 is 0 Å². The monoisotopic (exact) mass is 186 g/mol. The lowest BCUT2D eigenvalue weighted by atomic mass is 9.91. The van der Waals surface area contributed by atoms with Crippen molar-refractivity contribution < 1.29 is 14.3 Å². The van der Waals surface area contributed by atoms with Crippen molar-refractivity contribution in [3.8, 4) is 0 Å². The first kappa shape index (κ1) is 12.1. The van der Waals surface area contributed by atoms with Crippen molar-refractivity contribution in [2.75, 3.05) is 0 Å². The molecule has 0 spiro atoms. The topological polar surface area (TPSA) is 43.4 Å². The molecule has 0 atom stereocenters. The van der Waals surface area contributed by atoms with Crippen LogP contribution in [-0.2, 0) is 14.3 Å². The van der Waals surface area contributed by atoms with Crippen LogP contribution < -0.4 is 0 Å². The molecule has 0 rings (SSSR count). The Bertz CT molecular complexity index is 194. The third-order valence-electron chi connectivity index (χ3n) is 2.10. The summed E-state index contributed by atoms with van der Waals surface area (Å²) in [5, 5.41) is 0. The molecule has 0 heterocycles. The Morgan fingerprint density at radius 1 is 1.23 bits per heavy atom. The summed E-state index contributed by atoms with van der Waals surface area (Å²) < 4.78 is 4.67. The van der Waals surface area contributed by atoms with E-state index in [4.69, 9.17) is 0 Å². The average Bonchev–Trinajstić information content (AvgIpc) is 2.04. The van der Waals surface area contributed by atoms with Gasteiger partial charge in [-0.1, -0.05) is 13.8 Å². The number of rotatable bonds is 4. The van der Waals surface area contributed by atoms with Gasteiger partial charge in [-0.05, 0) is 26.7 Å². The zero-order valence-electron chi connectivity index (χ0n) is 8.85. The summed E-state index contributed by atoms with van der Waals surface area (Å²) >= 11 is 0. The van der Waals surface area contributed by atoms with Gasteiger partial charge in [-0.3, -0.25) is 9.59 Å². The first-order valence-electron chi connectivity index (χ1n) is 4.69. The Kier molecular flexibility index (Phi) is 4.67. The molecule has 0 fully saturated rings. The van der Waals surface area contributed by atoms with Gasteiger partial charge in [0.05, 0.1) is 5.41 Å². The molecule has 0 radical (unpaired) electrons. The van der Waals surface area contributed by atoms with Gasteiger partial charge in [-0.25, -0.2) is 0 Å². The van der Waals surface area contributed by atoms with Crippen molar-refractivity contribution in [1.82, 2.24) is 0 Å². The van der Waals surface area contributed by atoms with Crippen LogP contribution in [0, 0.1) is 5.41 Å². The van der Waals surface area contributed by atoms with Crippen molar-refractivity contribution >= 4 is 11.9 Å². The van der Waals surface area contributed by atoms with Gasteiger partial charge in [0.15, 0.2) is 0 Å². The average molecular weight is 186 g/mol. The van der Waals surface area contributed by atoms with E-state index in [1.807, 2.05) is 13.8 Å². The van der Waals surface area contributed by atoms with E-state index >= 15 is 0 Å². The minimum atomic E-state index is -0.552. The predicted molar refractivity (Wildman–Crippen MR) is 50.1 cm³/mol. The van der Waals surface area contributed by atoms with Crippen molar-refractivity contribution in [1.29, 1.82) is 0 Å². The largest absolute Gasteiger partial charge is 0.393 e. The summed E-state index contributed by atoms with van der Waals surface area (Å²) in [5.74, 6) is -0.845. The van der Waals surface area contributed by atoms with Crippen LogP contribution in [0.1, 0.15) is 47.0 Å². The van der Waals surface area contributed by atoms with E-state index in [2.05, 4.69) is 4.74 Å². The van der Waals surface area contributed by atoms with Crippen LogP contribution in [-0.4, -0.2) is 11.9 Å². The van der Waals surface area contributed by atoms with E-state index in [1.165, 1.54) is 0 Å². The second kappa shape index (κ2) is 5.00. The highest BCUT2D eigenvalue weighted by atomic mass is 16.6. The van der Waals surface area contributed by atoms with Gasteiger partial charge in [0.2, 0.25) is 0 Å². The lowest BCUT2D eigenvalue weighted by Gasteiger charge is -2.18. The summed E-state index contributed by atoms with van der Waals surface area (Å²) in [6, 6.07) is 0. The van der Waals surface area contributed by atoms with Crippen molar-refractivity contribution in [2.24, 2.45) is 5.41 Å². The summed E-state index contributed by atoms with van der Waals surface area (Å²) in [6.07, 6.45) is 1.69. The number of hydrogen-bond acceptors (Lipinski definition) is 3. The molecule has 0 aliphatic heterocycles. The molecule has 76 valence electrons. The molecule has 0 saturated heterocycles. The third kappa shape index (κ3) is 4.06. The number of carbonyl (C=O) groups excluding carboxylic acids is 2. The number of esters is 2. The van der Waals surface area contributed by atoms with E-state index in [0.29, 0.717) is 19.3 Å². The molecule has 3 nitrogen and oxygen atoms in total. The number of ether oxygens (including phenoxy) is 1. The maximum Gasteiger partial charge on any atom is 0.319 e. The highest BCUT2D eigenvalue weighted by Gasteiger charge is 2.28. The lowest BCUT2D eigenvalue weighted by molar-refractivity contribution is -0.166. The van der Waals surface area contributed by atoms with Gasteiger partial charge < -0.3 is 4.74 Å². The van der Waals surface area contributed by atoms with Crippen molar-refractivity contribution in [2.45, 2.75) is 47.0 Å². The van der Waals surface area contributed by atoms with Crippen LogP contribution in [0.5, 0.6) is 0 Å². The molecule has 0 amide bonds. The van der Waals surface area contributed by atoms with Crippen molar-refractivity contribution in [3.63, 3.8) is 0 Å². The maximum atomic E-state index is 11.3. The van der Waals surface area contributed by atoms with Gasteiger partial charge >= 0.3 is 11.9 Å². The molecular weight excluding hydrogens is 168 g/mol.